The minimum Gasteiger partial charge on any atom is -0.329 e. The fourth-order valence-electron chi connectivity index (χ4n) is 1.54. The van der Waals surface area contributed by atoms with E-state index in [1.54, 1.807) is 0 Å². The lowest BCUT2D eigenvalue weighted by Gasteiger charge is -2.06. The average Bonchev–Trinajstić information content (AvgIpc) is 2.72. The lowest BCUT2D eigenvalue weighted by molar-refractivity contribution is 0.659. The Labute approximate surface area is 82.9 Å². The van der Waals surface area contributed by atoms with Crippen LogP contribution in [0, 0.1) is 5.92 Å². The maximum Gasteiger partial charge on any atom is 0.167 e. The van der Waals surface area contributed by atoms with E-state index in [1.807, 2.05) is 31.2 Å². The summed E-state index contributed by atoms with van der Waals surface area (Å²) >= 11 is 1.86. The molecule has 1 unspecified atom stereocenters. The molecule has 1 aliphatic rings. The van der Waals surface area contributed by atoms with Crippen molar-refractivity contribution in [2.45, 2.75) is 11.6 Å². The van der Waals surface area contributed by atoms with E-state index in [1.165, 1.54) is 25.3 Å². The average molecular weight is 197 g/mol. The zero-order valence-electron chi connectivity index (χ0n) is 7.86. The second-order valence-electron chi connectivity index (χ2n) is 3.49. The molecule has 0 amide bonds. The Kier molecular flexibility index (Phi) is 2.90. The minimum atomic E-state index is 0.835. The van der Waals surface area contributed by atoms with Gasteiger partial charge < -0.3 is 9.88 Å². The second kappa shape index (κ2) is 4.15. The van der Waals surface area contributed by atoms with Crippen LogP contribution in [0.1, 0.15) is 6.42 Å². The predicted molar refractivity (Wildman–Crippen MR) is 54.9 cm³/mol. The van der Waals surface area contributed by atoms with Crippen LogP contribution >= 0.6 is 11.8 Å². The van der Waals surface area contributed by atoms with Gasteiger partial charge in [-0.1, -0.05) is 11.8 Å². The zero-order chi connectivity index (χ0) is 9.10. The summed E-state index contributed by atoms with van der Waals surface area (Å²) in [6.07, 6.45) is 5.17. The van der Waals surface area contributed by atoms with E-state index in [0.29, 0.717) is 0 Å². The summed E-state index contributed by atoms with van der Waals surface area (Å²) in [6.45, 7) is 2.36. The van der Waals surface area contributed by atoms with E-state index in [2.05, 4.69) is 14.9 Å². The molecule has 2 rings (SSSR count). The van der Waals surface area contributed by atoms with Crippen LogP contribution in [0.2, 0.25) is 0 Å². The van der Waals surface area contributed by atoms with Gasteiger partial charge in [0.05, 0.1) is 0 Å². The van der Waals surface area contributed by atoms with Gasteiger partial charge in [-0.2, -0.15) is 0 Å². The van der Waals surface area contributed by atoms with Gasteiger partial charge in [-0.05, 0) is 25.4 Å². The Balaban J connectivity index is 1.82. The molecular formula is C9H15N3S. The molecule has 0 radical (unpaired) electrons. The monoisotopic (exact) mass is 197 g/mol. The van der Waals surface area contributed by atoms with Crippen molar-refractivity contribution in [2.24, 2.45) is 13.0 Å². The van der Waals surface area contributed by atoms with Crippen molar-refractivity contribution in [3.05, 3.63) is 12.4 Å². The summed E-state index contributed by atoms with van der Waals surface area (Å²) in [4.78, 5) is 4.28. The molecule has 0 bridgehead atoms. The van der Waals surface area contributed by atoms with E-state index in [0.717, 1.165) is 11.1 Å². The highest BCUT2D eigenvalue weighted by molar-refractivity contribution is 7.99. The molecule has 72 valence electrons. The van der Waals surface area contributed by atoms with Gasteiger partial charge in [-0.25, -0.2) is 4.98 Å². The smallest absolute Gasteiger partial charge is 0.167 e. The molecule has 3 nitrogen and oxygen atoms in total. The minimum absolute atomic E-state index is 0.835. The van der Waals surface area contributed by atoms with Crippen molar-refractivity contribution in [1.29, 1.82) is 0 Å². The van der Waals surface area contributed by atoms with Gasteiger partial charge >= 0.3 is 0 Å². The van der Waals surface area contributed by atoms with E-state index in [-0.39, 0.29) is 0 Å². The number of imidazole rings is 1. The van der Waals surface area contributed by atoms with Crippen LogP contribution in [0.25, 0.3) is 0 Å². The fraction of sp³-hybridized carbons (Fsp3) is 0.667. The Morgan fingerprint density at radius 3 is 3.31 bits per heavy atom. The molecule has 4 heteroatoms. The third kappa shape index (κ3) is 2.25. The van der Waals surface area contributed by atoms with Crippen LogP contribution in [0.4, 0.5) is 0 Å². The maximum atomic E-state index is 4.28. The molecule has 2 heterocycles. The summed E-state index contributed by atoms with van der Waals surface area (Å²) in [5.74, 6) is 2.03. The second-order valence-corrected chi connectivity index (χ2v) is 4.48. The number of rotatable bonds is 3. The largest absolute Gasteiger partial charge is 0.329 e. The molecule has 0 saturated carbocycles. The molecule has 13 heavy (non-hydrogen) atoms. The highest BCUT2D eigenvalue weighted by Crippen LogP contribution is 2.21. The third-order valence-electron chi connectivity index (χ3n) is 2.39. The lowest BCUT2D eigenvalue weighted by atomic mass is 10.2. The summed E-state index contributed by atoms with van der Waals surface area (Å²) in [6, 6.07) is 0. The van der Waals surface area contributed by atoms with Gasteiger partial charge in [0, 0.05) is 25.2 Å². The number of aromatic nitrogens is 2. The van der Waals surface area contributed by atoms with Gasteiger partial charge in [0.2, 0.25) is 0 Å². The molecule has 0 spiro atoms. The molecule has 0 aliphatic carbocycles. The molecule has 0 aromatic carbocycles. The number of nitrogens with one attached hydrogen (secondary N) is 1. The fourth-order valence-corrected chi connectivity index (χ4v) is 2.61. The Bertz CT molecular complexity index is 266. The number of aryl methyl sites for hydroxylation is 1. The quantitative estimate of drug-likeness (QED) is 0.736. The van der Waals surface area contributed by atoms with Crippen LogP contribution in [0.3, 0.4) is 0 Å². The van der Waals surface area contributed by atoms with Crippen LogP contribution < -0.4 is 5.32 Å². The van der Waals surface area contributed by atoms with E-state index >= 15 is 0 Å². The molecular weight excluding hydrogens is 182 g/mol. The molecule has 1 aliphatic heterocycles. The predicted octanol–water partition coefficient (Wildman–Crippen LogP) is 1.12. The first-order chi connectivity index (χ1) is 6.36. The summed E-state index contributed by atoms with van der Waals surface area (Å²) in [5.41, 5.74) is 0. The topological polar surface area (TPSA) is 29.9 Å². The highest BCUT2D eigenvalue weighted by Gasteiger charge is 2.15. The van der Waals surface area contributed by atoms with Crippen molar-refractivity contribution in [3.63, 3.8) is 0 Å². The van der Waals surface area contributed by atoms with Crippen molar-refractivity contribution < 1.29 is 0 Å². The van der Waals surface area contributed by atoms with E-state index in [4.69, 9.17) is 0 Å². The Morgan fingerprint density at radius 2 is 2.69 bits per heavy atom. The first-order valence-corrected chi connectivity index (χ1v) is 5.65. The SMILES string of the molecule is Cn1ccnc1SCC1CCNC1. The number of hydrogen-bond donors (Lipinski definition) is 1. The third-order valence-corrected chi connectivity index (χ3v) is 3.68. The molecule has 1 saturated heterocycles. The molecule has 1 aromatic rings. The van der Waals surface area contributed by atoms with Crippen molar-refractivity contribution in [1.82, 2.24) is 14.9 Å². The normalized spacial score (nSPS) is 22.4. The van der Waals surface area contributed by atoms with E-state index in [9.17, 15) is 0 Å². The van der Waals surface area contributed by atoms with Crippen molar-refractivity contribution in [2.75, 3.05) is 18.8 Å². The molecule has 1 fully saturated rings. The number of hydrogen-bond acceptors (Lipinski definition) is 3. The number of thioether (sulfide) groups is 1. The lowest BCUT2D eigenvalue weighted by Crippen LogP contribution is -2.10. The van der Waals surface area contributed by atoms with Gasteiger partial charge in [-0.15, -0.1) is 0 Å². The summed E-state index contributed by atoms with van der Waals surface area (Å²) in [5, 5.41) is 4.51. The number of nitrogens with zero attached hydrogens (tertiary/aromatic N) is 2. The molecule has 1 aromatic heterocycles. The van der Waals surface area contributed by atoms with Crippen LogP contribution in [-0.4, -0.2) is 28.4 Å². The molecule has 1 atom stereocenters. The first-order valence-electron chi connectivity index (χ1n) is 4.67. The maximum absolute atomic E-state index is 4.28. The Hall–Kier alpha value is -0.480. The van der Waals surface area contributed by atoms with Gasteiger partial charge in [0.25, 0.3) is 0 Å². The highest BCUT2D eigenvalue weighted by atomic mass is 32.2. The van der Waals surface area contributed by atoms with E-state index < -0.39 is 0 Å². The summed E-state index contributed by atoms with van der Waals surface area (Å²) < 4.78 is 2.08. The zero-order valence-corrected chi connectivity index (χ0v) is 8.68. The van der Waals surface area contributed by atoms with Gasteiger partial charge in [0.15, 0.2) is 5.16 Å². The van der Waals surface area contributed by atoms with Gasteiger partial charge in [-0.3, -0.25) is 0 Å². The Morgan fingerprint density at radius 1 is 1.77 bits per heavy atom. The van der Waals surface area contributed by atoms with Crippen molar-refractivity contribution in [3.8, 4) is 0 Å². The van der Waals surface area contributed by atoms with Crippen LogP contribution in [-0.2, 0) is 7.05 Å². The van der Waals surface area contributed by atoms with Crippen LogP contribution in [0.5, 0.6) is 0 Å². The van der Waals surface area contributed by atoms with Crippen molar-refractivity contribution >= 4 is 11.8 Å². The summed E-state index contributed by atoms with van der Waals surface area (Å²) in [7, 11) is 2.04. The van der Waals surface area contributed by atoms with Crippen LogP contribution in [0.15, 0.2) is 17.6 Å². The standard InChI is InChI=1S/C9H15N3S/c1-12-5-4-11-9(12)13-7-8-2-3-10-6-8/h4-5,8,10H,2-3,6-7H2,1H3. The molecule has 1 N–H and O–H groups in total. The first kappa shape index (κ1) is 9.09. The van der Waals surface area contributed by atoms with Gasteiger partial charge in [0.1, 0.15) is 0 Å².